The minimum atomic E-state index is -0.952. The predicted molar refractivity (Wildman–Crippen MR) is 155 cm³/mol. The monoisotopic (exact) mass is 544 g/mol. The first-order chi connectivity index (χ1) is 19.2. The van der Waals surface area contributed by atoms with Gasteiger partial charge in [0.15, 0.2) is 0 Å². The van der Waals surface area contributed by atoms with E-state index in [2.05, 4.69) is 0 Å². The molecule has 4 aromatic rings. The summed E-state index contributed by atoms with van der Waals surface area (Å²) in [6, 6.07) is 39.8. The molecule has 0 aliphatic heterocycles. The minimum absolute atomic E-state index is 0.0893. The van der Waals surface area contributed by atoms with Gasteiger partial charge in [-0.2, -0.15) is 0 Å². The van der Waals surface area contributed by atoms with Crippen LogP contribution < -0.4 is 0 Å². The van der Waals surface area contributed by atoms with Crippen LogP contribution in [0, 0.1) is 0 Å². The van der Waals surface area contributed by atoms with Crippen LogP contribution in [0.5, 0.6) is 0 Å². The van der Waals surface area contributed by atoms with E-state index in [1.165, 1.54) is 0 Å². The summed E-state index contributed by atoms with van der Waals surface area (Å²) in [5.41, 5.74) is 2.63. The normalized spacial score (nSPS) is 14.4. The zero-order chi connectivity index (χ0) is 27.1. The van der Waals surface area contributed by atoms with Crippen molar-refractivity contribution in [3.05, 3.63) is 138 Å². The Balaban J connectivity index is 1.55. The number of thioether (sulfide) groups is 1. The van der Waals surface area contributed by atoms with E-state index in [0.717, 1.165) is 21.6 Å². The fraction of sp³-hybridized carbons (Fsp3) is 0.273. The van der Waals surface area contributed by atoms with E-state index in [1.807, 2.05) is 121 Å². The van der Waals surface area contributed by atoms with Crippen LogP contribution in [0.25, 0.3) is 0 Å². The molecule has 0 heterocycles. The molecule has 39 heavy (non-hydrogen) atoms. The summed E-state index contributed by atoms with van der Waals surface area (Å²) < 4.78 is 24.8. The minimum Gasteiger partial charge on any atom is -0.388 e. The number of hydrogen-bond donors (Lipinski definition) is 1. The Kier molecular flexibility index (Phi) is 12.1. The zero-order valence-corrected chi connectivity index (χ0v) is 23.0. The van der Waals surface area contributed by atoms with Crippen molar-refractivity contribution in [3.8, 4) is 0 Å². The number of rotatable bonds is 16. The smallest absolute Gasteiger partial charge is 0.136 e. The summed E-state index contributed by atoms with van der Waals surface area (Å²) in [6.45, 7) is 1.15. The fourth-order valence-electron chi connectivity index (χ4n) is 4.14. The van der Waals surface area contributed by atoms with Gasteiger partial charge in [0.2, 0.25) is 0 Å². The van der Waals surface area contributed by atoms with Gasteiger partial charge in [0.1, 0.15) is 23.7 Å². The second kappa shape index (κ2) is 16.2. The summed E-state index contributed by atoms with van der Waals surface area (Å²) >= 11 is 1.54. The number of methoxy groups -OCH3 is 1. The quantitative estimate of drug-likeness (QED) is 0.128. The lowest BCUT2D eigenvalue weighted by Crippen LogP contribution is -2.48. The highest BCUT2D eigenvalue weighted by Crippen LogP contribution is 2.31. The molecule has 6 heteroatoms. The molecule has 1 N–H and O–H groups in total. The van der Waals surface area contributed by atoms with E-state index < -0.39 is 23.7 Å². The first-order valence-corrected chi connectivity index (χ1v) is 14.0. The van der Waals surface area contributed by atoms with Gasteiger partial charge in [-0.3, -0.25) is 0 Å². The largest absolute Gasteiger partial charge is 0.388 e. The van der Waals surface area contributed by atoms with Crippen molar-refractivity contribution >= 4 is 11.8 Å². The molecule has 0 saturated carbocycles. The van der Waals surface area contributed by atoms with E-state index in [0.29, 0.717) is 19.8 Å². The SMILES string of the molecule is CO[C@H](Sc1ccccc1)[C@H](OCc1ccccc1)[C@@H](OCc1ccccc1)[C@H](O)COCc1ccccc1. The molecule has 0 amide bonds. The highest BCUT2D eigenvalue weighted by atomic mass is 32.2. The highest BCUT2D eigenvalue weighted by Gasteiger charge is 2.37. The molecule has 4 aromatic carbocycles. The summed E-state index contributed by atoms with van der Waals surface area (Å²) in [5, 5.41) is 11.4. The molecule has 0 radical (unpaired) electrons. The maximum atomic E-state index is 11.4. The van der Waals surface area contributed by atoms with Gasteiger partial charge >= 0.3 is 0 Å². The van der Waals surface area contributed by atoms with Gasteiger partial charge in [-0.1, -0.05) is 121 Å². The molecule has 0 spiro atoms. The second-order valence-electron chi connectivity index (χ2n) is 9.13. The Morgan fingerprint density at radius 2 is 1.03 bits per heavy atom. The summed E-state index contributed by atoms with van der Waals surface area (Å²) in [7, 11) is 1.66. The van der Waals surface area contributed by atoms with Crippen LogP contribution in [0.2, 0.25) is 0 Å². The lowest BCUT2D eigenvalue weighted by atomic mass is 10.1. The molecule has 0 saturated heterocycles. The lowest BCUT2D eigenvalue weighted by molar-refractivity contribution is -0.166. The van der Waals surface area contributed by atoms with Gasteiger partial charge in [-0.15, -0.1) is 0 Å². The van der Waals surface area contributed by atoms with E-state index in [-0.39, 0.29) is 6.61 Å². The zero-order valence-electron chi connectivity index (χ0n) is 22.2. The van der Waals surface area contributed by atoms with Crippen molar-refractivity contribution in [3.63, 3.8) is 0 Å². The van der Waals surface area contributed by atoms with E-state index in [9.17, 15) is 5.11 Å². The molecule has 5 nitrogen and oxygen atoms in total. The molecule has 4 atom stereocenters. The number of ether oxygens (including phenoxy) is 4. The van der Waals surface area contributed by atoms with Gasteiger partial charge in [0, 0.05) is 12.0 Å². The highest BCUT2D eigenvalue weighted by molar-refractivity contribution is 7.99. The molecule has 0 fully saturated rings. The van der Waals surface area contributed by atoms with Crippen molar-refractivity contribution in [2.45, 2.75) is 48.5 Å². The van der Waals surface area contributed by atoms with E-state index in [1.54, 1.807) is 18.9 Å². The standard InChI is InChI=1S/C33H36O5S/c1-35-33(39-29-20-12-5-13-21-29)32(38-24-28-18-10-4-11-19-28)31(37-23-27-16-8-3-9-17-27)30(34)25-36-22-26-14-6-2-7-15-26/h2-21,30-34H,22-25H2,1H3/t30-,31+,32-,33-/m1/s1. The number of aliphatic hydroxyl groups excluding tert-OH is 1. The maximum absolute atomic E-state index is 11.4. The first kappa shape index (κ1) is 29.0. The molecule has 0 aliphatic carbocycles. The Bertz CT molecular complexity index is 1180. The predicted octanol–water partition coefficient (Wildman–Crippen LogP) is 6.50. The molecule has 204 valence electrons. The van der Waals surface area contributed by atoms with Gasteiger partial charge in [0.05, 0.1) is 26.4 Å². The molecule has 0 bridgehead atoms. The van der Waals surface area contributed by atoms with Crippen LogP contribution in [-0.4, -0.2) is 42.6 Å². The first-order valence-electron chi connectivity index (χ1n) is 13.1. The van der Waals surface area contributed by atoms with Crippen LogP contribution in [0.1, 0.15) is 16.7 Å². The molecule has 0 aromatic heterocycles. The summed E-state index contributed by atoms with van der Waals surface area (Å²) in [4.78, 5) is 1.04. The van der Waals surface area contributed by atoms with Gasteiger partial charge in [-0.25, -0.2) is 0 Å². The van der Waals surface area contributed by atoms with Crippen LogP contribution in [0.4, 0.5) is 0 Å². The average molecular weight is 545 g/mol. The third kappa shape index (κ3) is 9.62. The van der Waals surface area contributed by atoms with E-state index in [4.69, 9.17) is 18.9 Å². The van der Waals surface area contributed by atoms with Crippen LogP contribution >= 0.6 is 11.8 Å². The Morgan fingerprint density at radius 3 is 1.51 bits per heavy atom. The number of hydrogen-bond acceptors (Lipinski definition) is 6. The van der Waals surface area contributed by atoms with Crippen LogP contribution in [0.3, 0.4) is 0 Å². The van der Waals surface area contributed by atoms with Crippen molar-refractivity contribution in [2.24, 2.45) is 0 Å². The molecule has 0 unspecified atom stereocenters. The Hall–Kier alpha value is -2.97. The van der Waals surface area contributed by atoms with Crippen LogP contribution in [0.15, 0.2) is 126 Å². The van der Waals surface area contributed by atoms with Gasteiger partial charge < -0.3 is 24.1 Å². The molecular weight excluding hydrogens is 508 g/mol. The average Bonchev–Trinajstić information content (AvgIpc) is 3.00. The molecular formula is C33H36O5S. The Labute approximate surface area is 235 Å². The number of aliphatic hydroxyl groups is 1. The third-order valence-corrected chi connectivity index (χ3v) is 7.41. The van der Waals surface area contributed by atoms with Crippen molar-refractivity contribution in [2.75, 3.05) is 13.7 Å². The van der Waals surface area contributed by atoms with Crippen molar-refractivity contribution in [1.29, 1.82) is 0 Å². The maximum Gasteiger partial charge on any atom is 0.136 e. The third-order valence-electron chi connectivity index (χ3n) is 6.17. The summed E-state index contributed by atoms with van der Waals surface area (Å²) in [6.07, 6.45) is -2.27. The lowest BCUT2D eigenvalue weighted by Gasteiger charge is -2.35. The fourth-order valence-corrected chi connectivity index (χ4v) is 5.18. The van der Waals surface area contributed by atoms with E-state index >= 15 is 0 Å². The van der Waals surface area contributed by atoms with Crippen molar-refractivity contribution < 1.29 is 24.1 Å². The van der Waals surface area contributed by atoms with Crippen LogP contribution in [-0.2, 0) is 38.8 Å². The number of benzene rings is 4. The topological polar surface area (TPSA) is 57.2 Å². The second-order valence-corrected chi connectivity index (χ2v) is 10.3. The molecule has 4 rings (SSSR count). The van der Waals surface area contributed by atoms with Gasteiger partial charge in [-0.05, 0) is 28.8 Å². The summed E-state index contributed by atoms with van der Waals surface area (Å²) in [5.74, 6) is 0. The van der Waals surface area contributed by atoms with Crippen molar-refractivity contribution in [1.82, 2.24) is 0 Å². The molecule has 0 aliphatic rings. The van der Waals surface area contributed by atoms with Gasteiger partial charge in [0.25, 0.3) is 0 Å². The Morgan fingerprint density at radius 1 is 0.590 bits per heavy atom.